The Kier molecular flexibility index (Phi) is 7.65. The summed E-state index contributed by atoms with van der Waals surface area (Å²) in [5.74, 6) is 0.241. The number of aromatic nitrogens is 4. The lowest BCUT2D eigenvalue weighted by atomic mass is 9.78. The fourth-order valence-electron chi connectivity index (χ4n) is 4.51. The van der Waals surface area contributed by atoms with Crippen LogP contribution in [0.1, 0.15) is 63.2 Å². The number of aliphatic hydroxyl groups excluding tert-OH is 1. The molecule has 0 radical (unpaired) electrons. The molecule has 2 N–H and O–H groups in total. The molecule has 0 aromatic carbocycles. The molecule has 0 unspecified atom stereocenters. The summed E-state index contributed by atoms with van der Waals surface area (Å²) in [7, 11) is 1.54. The number of ether oxygens (including phenoxy) is 2. The van der Waals surface area contributed by atoms with Gasteiger partial charge in [-0.2, -0.15) is 9.61 Å². The van der Waals surface area contributed by atoms with E-state index in [-0.39, 0.29) is 46.4 Å². The molecule has 1 amide bonds. The number of Topliss-reactive ketones (excluding diaryl/α,β-unsaturated/α-hetero) is 1. The summed E-state index contributed by atoms with van der Waals surface area (Å²) in [6, 6.07) is 4.97. The number of rotatable bonds is 10. The van der Waals surface area contributed by atoms with Crippen molar-refractivity contribution in [3.05, 3.63) is 46.5 Å². The Morgan fingerprint density at radius 3 is 2.65 bits per heavy atom. The summed E-state index contributed by atoms with van der Waals surface area (Å²) in [5.41, 5.74) is -0.213. The van der Waals surface area contributed by atoms with Gasteiger partial charge in [-0.1, -0.05) is 0 Å². The van der Waals surface area contributed by atoms with Gasteiger partial charge >= 0.3 is 6.09 Å². The number of carbonyl (C=O) groups is 2. The molecule has 2 atom stereocenters. The monoisotopic (exact) mass is 552 g/mol. The van der Waals surface area contributed by atoms with Crippen molar-refractivity contribution in [3.8, 4) is 0 Å². The second kappa shape index (κ2) is 11.0. The minimum atomic E-state index is -0.730. The Morgan fingerprint density at radius 1 is 1.23 bits per heavy atom. The number of ketones is 1. The van der Waals surface area contributed by atoms with Crippen LogP contribution in [-0.4, -0.2) is 67.6 Å². The average molecular weight is 553 g/mol. The van der Waals surface area contributed by atoms with Crippen LogP contribution < -0.4 is 15.8 Å². The molecule has 12 nitrogen and oxygen atoms in total. The highest BCUT2D eigenvalue weighted by molar-refractivity contribution is 6.02. The maximum Gasteiger partial charge on any atom is 0.415 e. The maximum absolute atomic E-state index is 13.2. The first-order valence-corrected chi connectivity index (χ1v) is 13.6. The number of pyridine rings is 1. The van der Waals surface area contributed by atoms with E-state index in [0.29, 0.717) is 31.5 Å². The van der Waals surface area contributed by atoms with E-state index in [1.807, 2.05) is 0 Å². The van der Waals surface area contributed by atoms with E-state index >= 15 is 0 Å². The number of fused-ring (bicyclic) bond motifs is 1. The Morgan fingerprint density at radius 2 is 2.00 bits per heavy atom. The quantitative estimate of drug-likeness (QED) is 0.361. The van der Waals surface area contributed by atoms with Crippen LogP contribution in [-0.2, 0) is 16.0 Å². The van der Waals surface area contributed by atoms with E-state index in [1.165, 1.54) is 22.7 Å². The molecule has 0 bridgehead atoms. The summed E-state index contributed by atoms with van der Waals surface area (Å²) in [6.45, 7) is 6.16. The molecular formula is C28H36N6O6. The van der Waals surface area contributed by atoms with Gasteiger partial charge in [0.1, 0.15) is 22.9 Å². The Hall–Kier alpha value is -3.77. The number of aliphatic hydroxyl groups is 1. The zero-order valence-electron chi connectivity index (χ0n) is 23.3. The maximum atomic E-state index is 13.2. The lowest BCUT2D eigenvalue weighted by Crippen LogP contribution is -2.35. The fourth-order valence-corrected chi connectivity index (χ4v) is 4.51. The Bertz CT molecular complexity index is 1470. The number of nitrogens with one attached hydrogen (secondary N) is 1. The van der Waals surface area contributed by atoms with Crippen LogP contribution in [0.2, 0.25) is 0 Å². The van der Waals surface area contributed by atoms with Gasteiger partial charge in [0.25, 0.3) is 5.56 Å². The minimum Gasteiger partial charge on any atom is -0.443 e. The van der Waals surface area contributed by atoms with E-state index in [9.17, 15) is 19.5 Å². The molecule has 214 valence electrons. The molecule has 2 aliphatic carbocycles. The molecule has 3 heterocycles. The summed E-state index contributed by atoms with van der Waals surface area (Å²) in [5, 5.41) is 17.4. The minimum absolute atomic E-state index is 0.0978. The van der Waals surface area contributed by atoms with Crippen LogP contribution in [0, 0.1) is 5.92 Å². The molecule has 40 heavy (non-hydrogen) atoms. The van der Waals surface area contributed by atoms with Crippen LogP contribution in [0.4, 0.5) is 22.1 Å². The third kappa shape index (κ3) is 6.18. The molecule has 3 aromatic rings. The lowest BCUT2D eigenvalue weighted by Gasteiger charge is -2.31. The highest BCUT2D eigenvalue weighted by Gasteiger charge is 2.32. The summed E-state index contributed by atoms with van der Waals surface area (Å²) in [6.07, 6.45) is 6.07. The van der Waals surface area contributed by atoms with Gasteiger partial charge in [0.15, 0.2) is 11.4 Å². The van der Waals surface area contributed by atoms with Crippen molar-refractivity contribution in [1.82, 2.24) is 19.2 Å². The molecule has 0 aliphatic heterocycles. The largest absolute Gasteiger partial charge is 0.443 e. The average Bonchev–Trinajstić information content (AvgIpc) is 3.62. The molecule has 2 fully saturated rings. The van der Waals surface area contributed by atoms with Crippen LogP contribution in [0.15, 0.2) is 35.4 Å². The van der Waals surface area contributed by atoms with E-state index in [2.05, 4.69) is 15.4 Å². The molecule has 12 heteroatoms. The van der Waals surface area contributed by atoms with Gasteiger partial charge in [0, 0.05) is 32.3 Å². The van der Waals surface area contributed by atoms with E-state index < -0.39 is 17.8 Å². The van der Waals surface area contributed by atoms with Crippen molar-refractivity contribution < 1.29 is 24.2 Å². The molecule has 3 aromatic heterocycles. The van der Waals surface area contributed by atoms with Crippen molar-refractivity contribution in [3.63, 3.8) is 0 Å². The van der Waals surface area contributed by atoms with Gasteiger partial charge in [-0.05, 0) is 64.5 Å². The number of hydrogen-bond acceptors (Lipinski definition) is 9. The topological polar surface area (TPSA) is 140 Å². The van der Waals surface area contributed by atoms with Crippen molar-refractivity contribution in [1.29, 1.82) is 0 Å². The standard InChI is InChI=1S/C28H36N6O6/c1-28(2,3)40-27(38)32(4)24-15-23(30-20-6-5-11-33(26(20)37)12-13-39-18-8-9-18)31-25-19(16-29-34(24)25)22(36)14-17-7-10-21(17)35/h5-6,11,15-18,21,35H,7-10,12-14H2,1-4H3,(H,30,31)/t17-,21+/m0/s1. The first-order chi connectivity index (χ1) is 19.0. The Balaban J connectivity index is 1.48. The highest BCUT2D eigenvalue weighted by Crippen LogP contribution is 2.32. The lowest BCUT2D eigenvalue weighted by molar-refractivity contribution is 0.0199. The number of nitrogens with zero attached hydrogens (tertiary/aromatic N) is 5. The molecule has 0 spiro atoms. The molecule has 2 saturated carbocycles. The molecule has 2 aliphatic rings. The van der Waals surface area contributed by atoms with Crippen LogP contribution in [0.3, 0.4) is 0 Å². The normalized spacial score (nSPS) is 18.8. The van der Waals surface area contributed by atoms with Crippen LogP contribution in [0.5, 0.6) is 0 Å². The van der Waals surface area contributed by atoms with Gasteiger partial charge in [-0.25, -0.2) is 9.78 Å². The van der Waals surface area contributed by atoms with Crippen molar-refractivity contribution in [2.45, 2.75) is 77.2 Å². The molecule has 5 rings (SSSR count). The number of carbonyl (C=O) groups excluding carboxylic acids is 2. The summed E-state index contributed by atoms with van der Waals surface area (Å²) >= 11 is 0. The van der Waals surface area contributed by atoms with Gasteiger partial charge in [0.05, 0.1) is 30.6 Å². The zero-order chi connectivity index (χ0) is 28.6. The fraction of sp³-hybridized carbons (Fsp3) is 0.536. The third-order valence-corrected chi connectivity index (χ3v) is 7.08. The van der Waals surface area contributed by atoms with Gasteiger partial charge in [-0.15, -0.1) is 0 Å². The smallest absolute Gasteiger partial charge is 0.415 e. The summed E-state index contributed by atoms with van der Waals surface area (Å²) in [4.78, 5) is 45.2. The zero-order valence-corrected chi connectivity index (χ0v) is 23.3. The second-order valence-corrected chi connectivity index (χ2v) is 11.5. The number of amides is 1. The van der Waals surface area contributed by atoms with E-state index in [0.717, 1.165) is 19.3 Å². The molecule has 0 saturated heterocycles. The highest BCUT2D eigenvalue weighted by atomic mass is 16.6. The van der Waals surface area contributed by atoms with Crippen LogP contribution in [0.25, 0.3) is 5.65 Å². The SMILES string of the molecule is CN(C(=O)OC(C)(C)C)c1cc(Nc2cccn(CCOC3CC3)c2=O)nc2c(C(=O)C[C@@H]3CC[C@H]3O)cnn12. The second-order valence-electron chi connectivity index (χ2n) is 11.5. The first-order valence-electron chi connectivity index (χ1n) is 13.6. The number of anilines is 3. The number of hydrogen-bond donors (Lipinski definition) is 2. The van der Waals surface area contributed by atoms with Crippen molar-refractivity contribution in [2.75, 3.05) is 23.9 Å². The van der Waals surface area contributed by atoms with E-state index in [4.69, 9.17) is 9.47 Å². The predicted octanol–water partition coefficient (Wildman–Crippen LogP) is 3.53. The van der Waals surface area contributed by atoms with Crippen molar-refractivity contribution >= 4 is 34.8 Å². The van der Waals surface area contributed by atoms with Crippen molar-refractivity contribution in [2.24, 2.45) is 5.92 Å². The first kappa shape index (κ1) is 27.8. The van der Waals surface area contributed by atoms with Gasteiger partial charge in [0.2, 0.25) is 0 Å². The molecular weight excluding hydrogens is 516 g/mol. The third-order valence-electron chi connectivity index (χ3n) is 7.08. The van der Waals surface area contributed by atoms with E-state index in [1.54, 1.807) is 49.7 Å². The predicted molar refractivity (Wildman–Crippen MR) is 148 cm³/mol. The van der Waals surface area contributed by atoms with Gasteiger partial charge in [-0.3, -0.25) is 14.5 Å². The van der Waals surface area contributed by atoms with Crippen LogP contribution >= 0.6 is 0 Å². The Labute approximate surface area is 231 Å². The summed E-state index contributed by atoms with van der Waals surface area (Å²) < 4.78 is 14.2. The van der Waals surface area contributed by atoms with Gasteiger partial charge < -0.3 is 24.5 Å².